The molecule has 1 aromatic rings. The van der Waals surface area contributed by atoms with Crippen LogP contribution in [0.1, 0.15) is 36.8 Å². The largest absolute Gasteiger partial charge is 0.347 e. The highest BCUT2D eigenvalue weighted by Crippen LogP contribution is 2.38. The number of amides is 2. The van der Waals surface area contributed by atoms with Gasteiger partial charge in [-0.15, -0.1) is 0 Å². The van der Waals surface area contributed by atoms with E-state index in [0.29, 0.717) is 12.3 Å². The molecule has 2 aliphatic rings. The van der Waals surface area contributed by atoms with Gasteiger partial charge in [0.1, 0.15) is 6.10 Å². The monoisotopic (exact) mass is 332 g/mol. The second kappa shape index (κ2) is 6.91. The summed E-state index contributed by atoms with van der Waals surface area (Å²) >= 11 is 0. The fourth-order valence-corrected chi connectivity index (χ4v) is 3.41. The van der Waals surface area contributed by atoms with Crippen molar-refractivity contribution >= 4 is 17.5 Å². The number of carbonyl (C=O) groups excluding carboxylic acids is 2. The summed E-state index contributed by atoms with van der Waals surface area (Å²) in [7, 11) is 0. The molecule has 130 valence electrons. The van der Waals surface area contributed by atoms with E-state index in [-0.39, 0.29) is 12.6 Å². The van der Waals surface area contributed by atoms with Crippen LogP contribution in [0.5, 0.6) is 0 Å². The van der Waals surface area contributed by atoms with Crippen molar-refractivity contribution in [3.05, 3.63) is 29.3 Å². The molecule has 1 unspecified atom stereocenters. The van der Waals surface area contributed by atoms with Gasteiger partial charge < -0.3 is 20.1 Å². The standard InChI is InChI=1S/C18H24N2O4/c1-12-7-13(2)9-14(8-12)20-17(22)16(21)19-10-15-11-23-18(24-15)5-3-4-6-18/h7-9,15H,3-6,10-11H2,1-2H3,(H,19,21)(H,20,22). The van der Waals surface area contributed by atoms with E-state index in [4.69, 9.17) is 9.47 Å². The Balaban J connectivity index is 1.47. The molecule has 1 aromatic carbocycles. The van der Waals surface area contributed by atoms with E-state index in [2.05, 4.69) is 10.6 Å². The van der Waals surface area contributed by atoms with E-state index < -0.39 is 17.6 Å². The Hall–Kier alpha value is -1.92. The molecule has 1 aliphatic carbocycles. The first-order chi connectivity index (χ1) is 11.5. The summed E-state index contributed by atoms with van der Waals surface area (Å²) in [5, 5.41) is 5.25. The van der Waals surface area contributed by atoms with Crippen LogP contribution < -0.4 is 10.6 Å². The Morgan fingerprint density at radius 1 is 1.12 bits per heavy atom. The molecule has 3 rings (SSSR count). The summed E-state index contributed by atoms with van der Waals surface area (Å²) in [6, 6.07) is 5.66. The molecule has 6 heteroatoms. The van der Waals surface area contributed by atoms with Gasteiger partial charge >= 0.3 is 11.8 Å². The summed E-state index contributed by atoms with van der Waals surface area (Å²) in [5.41, 5.74) is 2.69. The zero-order valence-electron chi connectivity index (χ0n) is 14.2. The molecule has 1 heterocycles. The van der Waals surface area contributed by atoms with Crippen LogP contribution >= 0.6 is 0 Å². The van der Waals surface area contributed by atoms with Crippen LogP contribution in [-0.2, 0) is 19.1 Å². The van der Waals surface area contributed by atoms with Gasteiger partial charge in [0.25, 0.3) is 0 Å². The highest BCUT2D eigenvalue weighted by molar-refractivity contribution is 6.39. The van der Waals surface area contributed by atoms with Crippen molar-refractivity contribution in [2.75, 3.05) is 18.5 Å². The number of ether oxygens (including phenoxy) is 2. The fraction of sp³-hybridized carbons (Fsp3) is 0.556. The van der Waals surface area contributed by atoms with Crippen LogP contribution in [0.3, 0.4) is 0 Å². The molecule has 2 fully saturated rings. The molecule has 1 saturated heterocycles. The van der Waals surface area contributed by atoms with Crippen molar-refractivity contribution in [1.29, 1.82) is 0 Å². The van der Waals surface area contributed by atoms with E-state index in [1.54, 1.807) is 0 Å². The second-order valence-electron chi connectivity index (χ2n) is 6.71. The van der Waals surface area contributed by atoms with Gasteiger partial charge in [-0.3, -0.25) is 9.59 Å². The Morgan fingerprint density at radius 3 is 2.46 bits per heavy atom. The van der Waals surface area contributed by atoms with Crippen LogP contribution in [0, 0.1) is 13.8 Å². The molecule has 2 amide bonds. The number of hydrogen-bond donors (Lipinski definition) is 2. The number of nitrogens with one attached hydrogen (secondary N) is 2. The molecule has 1 aliphatic heterocycles. The van der Waals surface area contributed by atoms with Gasteiger partial charge in [0, 0.05) is 25.1 Å². The summed E-state index contributed by atoms with van der Waals surface area (Å²) in [5.74, 6) is -1.78. The SMILES string of the molecule is Cc1cc(C)cc(NC(=O)C(=O)NCC2COC3(CCCC3)O2)c1. The first kappa shape index (κ1) is 16.9. The summed E-state index contributed by atoms with van der Waals surface area (Å²) in [6.07, 6.45) is 3.84. The average molecular weight is 332 g/mol. The number of hydrogen-bond acceptors (Lipinski definition) is 4. The van der Waals surface area contributed by atoms with Crippen LogP contribution in [0.25, 0.3) is 0 Å². The predicted molar refractivity (Wildman–Crippen MR) is 89.6 cm³/mol. The van der Waals surface area contributed by atoms with Gasteiger partial charge in [-0.25, -0.2) is 0 Å². The van der Waals surface area contributed by atoms with E-state index in [1.165, 1.54) is 0 Å². The Kier molecular flexibility index (Phi) is 4.87. The maximum atomic E-state index is 12.0. The molecule has 6 nitrogen and oxygen atoms in total. The third-order valence-corrected chi connectivity index (χ3v) is 4.46. The van der Waals surface area contributed by atoms with E-state index in [9.17, 15) is 9.59 Å². The highest BCUT2D eigenvalue weighted by atomic mass is 16.7. The van der Waals surface area contributed by atoms with Gasteiger partial charge in [-0.05, 0) is 49.9 Å². The topological polar surface area (TPSA) is 76.7 Å². The van der Waals surface area contributed by atoms with Crippen LogP contribution in [0.2, 0.25) is 0 Å². The van der Waals surface area contributed by atoms with Crippen molar-refractivity contribution in [3.63, 3.8) is 0 Å². The number of anilines is 1. The lowest BCUT2D eigenvalue weighted by Crippen LogP contribution is -2.40. The third kappa shape index (κ3) is 3.94. The lowest BCUT2D eigenvalue weighted by atomic mass is 10.1. The van der Waals surface area contributed by atoms with Crippen molar-refractivity contribution in [1.82, 2.24) is 5.32 Å². The highest BCUT2D eigenvalue weighted by Gasteiger charge is 2.43. The first-order valence-corrected chi connectivity index (χ1v) is 8.45. The van der Waals surface area contributed by atoms with Gasteiger partial charge in [0.2, 0.25) is 0 Å². The predicted octanol–water partition coefficient (Wildman–Crippen LogP) is 2.04. The molecule has 24 heavy (non-hydrogen) atoms. The summed E-state index contributed by atoms with van der Waals surface area (Å²) in [6.45, 7) is 4.62. The van der Waals surface area contributed by atoms with Gasteiger partial charge in [-0.1, -0.05) is 6.07 Å². The van der Waals surface area contributed by atoms with E-state index in [1.807, 2.05) is 32.0 Å². The zero-order chi connectivity index (χ0) is 17.2. The molecule has 0 aromatic heterocycles. The molecule has 1 spiro atoms. The smallest absolute Gasteiger partial charge is 0.313 e. The minimum absolute atomic E-state index is 0.193. The maximum Gasteiger partial charge on any atom is 0.313 e. The third-order valence-electron chi connectivity index (χ3n) is 4.46. The van der Waals surface area contributed by atoms with Crippen LogP contribution in [-0.4, -0.2) is 36.9 Å². The number of aryl methyl sites for hydroxylation is 2. The van der Waals surface area contributed by atoms with E-state index >= 15 is 0 Å². The molecule has 1 saturated carbocycles. The lowest BCUT2D eigenvalue weighted by Gasteiger charge is -2.21. The second-order valence-corrected chi connectivity index (χ2v) is 6.71. The van der Waals surface area contributed by atoms with Crippen molar-refractivity contribution in [2.45, 2.75) is 51.4 Å². The van der Waals surface area contributed by atoms with Crippen molar-refractivity contribution in [2.24, 2.45) is 0 Å². The molecule has 2 N–H and O–H groups in total. The van der Waals surface area contributed by atoms with Crippen LogP contribution in [0.15, 0.2) is 18.2 Å². The van der Waals surface area contributed by atoms with Crippen LogP contribution in [0.4, 0.5) is 5.69 Å². The van der Waals surface area contributed by atoms with Crippen molar-refractivity contribution in [3.8, 4) is 0 Å². The Bertz CT molecular complexity index is 618. The van der Waals surface area contributed by atoms with E-state index in [0.717, 1.165) is 36.8 Å². The van der Waals surface area contributed by atoms with Gasteiger partial charge in [0.15, 0.2) is 5.79 Å². The average Bonchev–Trinajstić information content (AvgIpc) is 3.14. The number of benzene rings is 1. The normalized spacial score (nSPS) is 21.8. The number of rotatable bonds is 3. The Labute approximate surface area is 141 Å². The minimum Gasteiger partial charge on any atom is -0.347 e. The summed E-state index contributed by atoms with van der Waals surface area (Å²) < 4.78 is 11.7. The number of carbonyl (C=O) groups is 2. The molecule has 0 radical (unpaired) electrons. The zero-order valence-corrected chi connectivity index (χ0v) is 14.2. The lowest BCUT2D eigenvalue weighted by molar-refractivity contribution is -0.161. The molecule has 1 atom stereocenters. The van der Waals surface area contributed by atoms with Gasteiger partial charge in [-0.2, -0.15) is 0 Å². The van der Waals surface area contributed by atoms with Gasteiger partial charge in [0.05, 0.1) is 6.61 Å². The fourth-order valence-electron chi connectivity index (χ4n) is 3.41. The quantitative estimate of drug-likeness (QED) is 0.831. The minimum atomic E-state index is -0.672. The molecule has 0 bridgehead atoms. The van der Waals surface area contributed by atoms with Crippen molar-refractivity contribution < 1.29 is 19.1 Å². The molecular formula is C18H24N2O4. The maximum absolute atomic E-state index is 12.0. The summed E-state index contributed by atoms with van der Waals surface area (Å²) in [4.78, 5) is 24.0. The molecular weight excluding hydrogens is 308 g/mol. The Morgan fingerprint density at radius 2 is 1.79 bits per heavy atom. The first-order valence-electron chi connectivity index (χ1n) is 8.45.